The van der Waals surface area contributed by atoms with E-state index in [1.165, 1.54) is 0 Å². The fourth-order valence-corrected chi connectivity index (χ4v) is 98.0. The van der Waals surface area contributed by atoms with Crippen LogP contribution in [0.15, 0.2) is 12.7 Å². The molecule has 0 bridgehead atoms. The van der Waals surface area contributed by atoms with Crippen molar-refractivity contribution >= 4 is 61.6 Å². The Kier molecular flexibility index (Phi) is 7.35. The largest absolute Gasteiger partial charge is 0.466 e. The molecular formula is C9H32O3Si7. The summed E-state index contributed by atoms with van der Waals surface area (Å²) >= 11 is 0. The van der Waals surface area contributed by atoms with E-state index in [2.05, 4.69) is 51.9 Å². The van der Waals surface area contributed by atoms with Gasteiger partial charge in [0.2, 0.25) is 0 Å². The third-order valence-electron chi connectivity index (χ3n) is 5.06. The van der Waals surface area contributed by atoms with Crippen LogP contribution in [-0.4, -0.2) is 61.6 Å². The molecule has 0 saturated carbocycles. The van der Waals surface area contributed by atoms with Gasteiger partial charge in [0.15, 0.2) is 23.5 Å². The van der Waals surface area contributed by atoms with E-state index < -0.39 is 30.1 Å². The first kappa shape index (κ1) is 20.1. The van der Waals surface area contributed by atoms with Crippen LogP contribution in [0.5, 0.6) is 0 Å². The van der Waals surface area contributed by atoms with E-state index >= 15 is 0 Å². The van der Waals surface area contributed by atoms with E-state index in [9.17, 15) is 0 Å². The van der Waals surface area contributed by atoms with Crippen molar-refractivity contribution < 1.29 is 12.3 Å². The molecule has 0 unspecified atom stereocenters. The molecule has 114 valence electrons. The van der Waals surface area contributed by atoms with Crippen LogP contribution in [0.4, 0.5) is 0 Å². The maximum atomic E-state index is 6.26. The first-order valence-corrected chi connectivity index (χ1v) is 23.1. The molecule has 0 radical (unpaired) electrons. The van der Waals surface area contributed by atoms with Gasteiger partial charge in [0, 0.05) is 0 Å². The molecule has 0 fully saturated rings. The smallest absolute Gasteiger partial charge is 0.160 e. The van der Waals surface area contributed by atoms with Gasteiger partial charge >= 0.3 is 0 Å². The van der Waals surface area contributed by atoms with Gasteiger partial charge in [-0.15, -0.1) is 6.58 Å². The summed E-state index contributed by atoms with van der Waals surface area (Å²) in [5.41, 5.74) is 0. The second-order valence-electron chi connectivity index (χ2n) is 6.54. The minimum atomic E-state index is -1.74. The Bertz CT molecular complexity index is 278. The van der Waals surface area contributed by atoms with E-state index in [1.54, 1.807) is 0 Å². The second-order valence-corrected chi connectivity index (χ2v) is 45.7. The highest BCUT2D eigenvalue weighted by Crippen LogP contribution is 2.40. The van der Waals surface area contributed by atoms with Crippen LogP contribution in [0.1, 0.15) is 0 Å². The average Bonchev–Trinajstić information content (AvgIpc) is 2.34. The second kappa shape index (κ2) is 6.93. The van der Waals surface area contributed by atoms with Gasteiger partial charge in [0.05, 0.1) is 0 Å². The Morgan fingerprint density at radius 3 is 1.21 bits per heavy atom. The fourth-order valence-electron chi connectivity index (χ4n) is 3.65. The van der Waals surface area contributed by atoms with Crippen LogP contribution < -0.4 is 0 Å². The lowest BCUT2D eigenvalue weighted by Gasteiger charge is -2.56. The Balaban J connectivity index is 6.30. The zero-order valence-corrected chi connectivity index (χ0v) is 24.2. The van der Waals surface area contributed by atoms with E-state index in [0.717, 1.165) is 37.5 Å². The van der Waals surface area contributed by atoms with E-state index in [0.29, 0.717) is 0 Å². The van der Waals surface area contributed by atoms with Crippen molar-refractivity contribution in [3.63, 3.8) is 0 Å². The summed E-state index contributed by atoms with van der Waals surface area (Å²) in [7, 11) is -2.75. The predicted molar refractivity (Wildman–Crippen MR) is 106 cm³/mol. The molecule has 0 heterocycles. The molecule has 0 N–H and O–H groups in total. The number of hydrogen-bond acceptors (Lipinski definition) is 3. The molecule has 0 aromatic carbocycles. The number of rotatable bonds is 8. The number of hydrogen-bond donors (Lipinski definition) is 0. The molecule has 0 aromatic heterocycles. The summed E-state index contributed by atoms with van der Waals surface area (Å²) in [4.78, 5) is 0. The van der Waals surface area contributed by atoms with Gasteiger partial charge in [-0.25, -0.2) is 0 Å². The molecule has 0 amide bonds. The third-order valence-corrected chi connectivity index (χ3v) is 82.7. The number of allylic oxidation sites excluding steroid dienone is 1. The Hall–Kier alpha value is 1.14. The Morgan fingerprint density at radius 1 is 0.789 bits per heavy atom. The van der Waals surface area contributed by atoms with Crippen molar-refractivity contribution in [3.8, 4) is 0 Å². The summed E-state index contributed by atoms with van der Waals surface area (Å²) in [5.74, 6) is 0. The highest BCUT2D eigenvalue weighted by atomic mass is 29.9. The van der Waals surface area contributed by atoms with Crippen molar-refractivity contribution in [3.05, 3.63) is 12.7 Å². The van der Waals surface area contributed by atoms with Crippen LogP contribution in [0.25, 0.3) is 0 Å². The van der Waals surface area contributed by atoms with E-state index in [-0.39, 0.29) is 0 Å². The van der Waals surface area contributed by atoms with Gasteiger partial charge < -0.3 is 12.3 Å². The molecule has 0 aliphatic rings. The molecule has 10 heteroatoms. The summed E-state index contributed by atoms with van der Waals surface area (Å²) in [6.07, 6.45) is 2.13. The van der Waals surface area contributed by atoms with Gasteiger partial charge in [-0.2, -0.15) is 0 Å². The lowest BCUT2D eigenvalue weighted by atomic mass is 10.8. The van der Waals surface area contributed by atoms with Crippen molar-refractivity contribution in [1.29, 1.82) is 0 Å². The molecule has 0 aliphatic heterocycles. The van der Waals surface area contributed by atoms with E-state index in [1.807, 2.05) is 0 Å². The summed E-state index contributed by atoms with van der Waals surface area (Å²) in [6.45, 7) is 16.8. The van der Waals surface area contributed by atoms with Gasteiger partial charge in [-0.3, -0.25) is 0 Å². The van der Waals surface area contributed by atoms with Crippen LogP contribution in [0.2, 0.25) is 45.3 Å². The highest BCUT2D eigenvalue weighted by Gasteiger charge is 2.68. The molecule has 3 nitrogen and oxygen atoms in total. The minimum Gasteiger partial charge on any atom is -0.466 e. The summed E-state index contributed by atoms with van der Waals surface area (Å²) in [5, 5.41) is 0. The zero-order valence-electron chi connectivity index (χ0n) is 14.2. The van der Waals surface area contributed by atoms with Gasteiger partial charge in [0.1, 0.15) is 38.1 Å². The van der Waals surface area contributed by atoms with Crippen molar-refractivity contribution in [2.24, 2.45) is 0 Å². The van der Waals surface area contributed by atoms with Crippen LogP contribution >= 0.6 is 0 Å². The molecule has 0 aromatic rings. The SMILES string of the molecule is C=CC[Si]([Si](C)(C)O[SiH3])([Si](C)(C)O[SiH3])[Si](C)(C)O[SiH3]. The standard InChI is InChI=1S/C9H32O3Si7/c1-8-9-19(16(2,3)10-13,17(4,5)11-14)18(6,7)12-15/h8H,1,9H2,2-7,13-15H3. The highest BCUT2D eigenvalue weighted by molar-refractivity contribution is 7.87. The first-order chi connectivity index (χ1) is 8.49. The van der Waals surface area contributed by atoms with Crippen molar-refractivity contribution in [1.82, 2.24) is 0 Å². The van der Waals surface area contributed by atoms with Crippen LogP contribution in [-0.2, 0) is 12.3 Å². The lowest BCUT2D eigenvalue weighted by Crippen LogP contribution is -2.86. The Labute approximate surface area is 131 Å². The zero-order chi connectivity index (χ0) is 15.5. The lowest BCUT2D eigenvalue weighted by molar-refractivity contribution is 0.609. The third kappa shape index (κ3) is 3.32. The normalized spacial score (nSPS) is 17.6. The maximum Gasteiger partial charge on any atom is 0.160 e. The summed E-state index contributed by atoms with van der Waals surface area (Å²) < 4.78 is 18.8. The monoisotopic (exact) mass is 384 g/mol. The average molecular weight is 385 g/mol. The van der Waals surface area contributed by atoms with Gasteiger partial charge in [-0.05, 0) is 45.3 Å². The molecule has 0 saturated heterocycles. The molecular weight excluding hydrogens is 353 g/mol. The van der Waals surface area contributed by atoms with Gasteiger partial charge in [-0.1, -0.05) is 6.08 Å². The molecule has 0 aliphatic carbocycles. The van der Waals surface area contributed by atoms with Crippen LogP contribution in [0.3, 0.4) is 0 Å². The summed E-state index contributed by atoms with van der Waals surface area (Å²) in [6, 6.07) is 1.12. The predicted octanol–water partition coefficient (Wildman–Crippen LogP) is -0.637. The topological polar surface area (TPSA) is 27.7 Å². The van der Waals surface area contributed by atoms with Crippen molar-refractivity contribution in [2.45, 2.75) is 45.3 Å². The molecule has 0 rings (SSSR count). The van der Waals surface area contributed by atoms with Gasteiger partial charge in [0.25, 0.3) is 0 Å². The molecule has 19 heavy (non-hydrogen) atoms. The maximum absolute atomic E-state index is 6.26. The molecule has 0 atom stereocenters. The van der Waals surface area contributed by atoms with Crippen LogP contribution in [0, 0.1) is 0 Å². The Morgan fingerprint density at radius 2 is 1.05 bits per heavy atom. The van der Waals surface area contributed by atoms with Crippen molar-refractivity contribution in [2.75, 3.05) is 0 Å². The fraction of sp³-hybridized carbons (Fsp3) is 0.778. The quantitative estimate of drug-likeness (QED) is 0.412. The van der Waals surface area contributed by atoms with E-state index in [4.69, 9.17) is 12.3 Å². The molecule has 0 spiro atoms. The first-order valence-electron chi connectivity index (χ1n) is 6.76. The minimum absolute atomic E-state index is 0.826.